The number of carbonyl (C=O) groups is 2. The number of ketones is 1. The van der Waals surface area contributed by atoms with E-state index in [0.717, 1.165) is 5.56 Å². The fraction of sp³-hybridized carbons (Fsp3) is 0.0833. The first kappa shape index (κ1) is 15.7. The first-order chi connectivity index (χ1) is 6.66. The summed E-state index contributed by atoms with van der Waals surface area (Å²) in [4.78, 5) is 21.7. The van der Waals surface area contributed by atoms with E-state index in [1.165, 1.54) is 6.08 Å². The summed E-state index contributed by atoms with van der Waals surface area (Å²) in [5.74, 6) is -1.16. The SMILES string of the molecule is Cc1cc[c-]c(C2=CC(=O)C(=O)O2)c1.[CH3-].[K+]. The number of ether oxygens (including phenoxy) is 1. The Kier molecular flexibility index (Phi) is 6.36. The van der Waals surface area contributed by atoms with Crippen molar-refractivity contribution in [2.75, 3.05) is 0 Å². The van der Waals surface area contributed by atoms with Crippen LogP contribution in [-0.2, 0) is 14.3 Å². The van der Waals surface area contributed by atoms with Gasteiger partial charge >= 0.3 is 57.4 Å². The molecule has 1 aromatic rings. The fourth-order valence-electron chi connectivity index (χ4n) is 1.21. The molecule has 1 heterocycles. The second-order valence-corrected chi connectivity index (χ2v) is 3.04. The van der Waals surface area contributed by atoms with Crippen molar-refractivity contribution < 1.29 is 65.7 Å². The van der Waals surface area contributed by atoms with Gasteiger partial charge in [-0.3, -0.25) is 4.79 Å². The van der Waals surface area contributed by atoms with Crippen molar-refractivity contribution in [1.29, 1.82) is 0 Å². The van der Waals surface area contributed by atoms with Gasteiger partial charge in [0.05, 0.1) is 5.76 Å². The largest absolute Gasteiger partial charge is 1.00 e. The summed E-state index contributed by atoms with van der Waals surface area (Å²) in [5, 5.41) is 0. The molecule has 3 nitrogen and oxygen atoms in total. The minimum absolute atomic E-state index is 0. The number of carbonyl (C=O) groups excluding carboxylic acids is 2. The maximum Gasteiger partial charge on any atom is 1.00 e. The number of esters is 1. The van der Waals surface area contributed by atoms with Crippen LogP contribution in [0.3, 0.4) is 0 Å². The van der Waals surface area contributed by atoms with Crippen molar-refractivity contribution >= 4 is 17.5 Å². The van der Waals surface area contributed by atoms with E-state index in [1.807, 2.05) is 13.0 Å². The molecule has 0 saturated carbocycles. The van der Waals surface area contributed by atoms with Gasteiger partial charge in [-0.15, -0.1) is 35.4 Å². The van der Waals surface area contributed by atoms with Gasteiger partial charge in [0.2, 0.25) is 0 Å². The molecule has 0 radical (unpaired) electrons. The van der Waals surface area contributed by atoms with Gasteiger partial charge in [0.25, 0.3) is 5.78 Å². The Morgan fingerprint density at radius 1 is 1.31 bits per heavy atom. The van der Waals surface area contributed by atoms with Gasteiger partial charge in [0, 0.05) is 0 Å². The maximum atomic E-state index is 10.9. The number of aryl methyl sites for hydroxylation is 1. The molecule has 1 aromatic carbocycles. The number of hydrogen-bond acceptors (Lipinski definition) is 3. The van der Waals surface area contributed by atoms with Crippen molar-refractivity contribution in [1.82, 2.24) is 0 Å². The average Bonchev–Trinajstić information content (AvgIpc) is 2.47. The van der Waals surface area contributed by atoms with E-state index >= 15 is 0 Å². The standard InChI is InChI=1S/C11H7O3.CH3.K/c1-7-3-2-4-8(5-7)10-6-9(12)11(13)14-10;;/h2-3,5-6H,1H3;1H3;/q2*-1;+1. The van der Waals surface area contributed by atoms with Crippen molar-refractivity contribution in [2.45, 2.75) is 6.92 Å². The van der Waals surface area contributed by atoms with Crippen LogP contribution >= 0.6 is 0 Å². The average molecular weight is 241 g/mol. The van der Waals surface area contributed by atoms with E-state index in [1.54, 1.807) is 12.1 Å². The molecule has 2 rings (SSSR count). The summed E-state index contributed by atoms with van der Waals surface area (Å²) in [6, 6.07) is 8.30. The molecule has 0 atom stereocenters. The van der Waals surface area contributed by atoms with Gasteiger partial charge in [-0.2, -0.15) is 0 Å². The van der Waals surface area contributed by atoms with Crippen molar-refractivity contribution in [2.24, 2.45) is 0 Å². The predicted molar refractivity (Wildman–Crippen MR) is 55.5 cm³/mol. The second kappa shape index (κ2) is 6.47. The first-order valence-corrected chi connectivity index (χ1v) is 4.13. The third-order valence-corrected chi connectivity index (χ3v) is 1.89. The summed E-state index contributed by atoms with van der Waals surface area (Å²) >= 11 is 0. The molecule has 0 saturated heterocycles. The van der Waals surface area contributed by atoms with Crippen molar-refractivity contribution in [3.63, 3.8) is 0 Å². The van der Waals surface area contributed by atoms with Gasteiger partial charge in [-0.1, -0.05) is 6.92 Å². The zero-order valence-electron chi connectivity index (χ0n) is 9.53. The molecular weight excluding hydrogens is 231 g/mol. The van der Waals surface area contributed by atoms with Crippen LogP contribution in [0.5, 0.6) is 0 Å². The molecule has 0 amide bonds. The van der Waals surface area contributed by atoms with Crippen molar-refractivity contribution in [3.8, 4) is 0 Å². The van der Waals surface area contributed by atoms with Gasteiger partial charge in [0.1, 0.15) is 0 Å². The smallest absolute Gasteiger partial charge is 0.468 e. The Morgan fingerprint density at radius 3 is 2.50 bits per heavy atom. The van der Waals surface area contributed by atoms with Gasteiger partial charge in [-0.05, 0) is 6.08 Å². The molecule has 0 aliphatic carbocycles. The van der Waals surface area contributed by atoms with Gasteiger partial charge in [-0.25, -0.2) is 4.79 Å². The van der Waals surface area contributed by atoms with Gasteiger partial charge < -0.3 is 12.2 Å². The topological polar surface area (TPSA) is 43.4 Å². The number of benzene rings is 1. The third kappa shape index (κ3) is 3.36. The van der Waals surface area contributed by atoms with Crippen LogP contribution in [0.4, 0.5) is 0 Å². The zero-order valence-corrected chi connectivity index (χ0v) is 12.7. The quantitative estimate of drug-likeness (QED) is 0.266. The summed E-state index contributed by atoms with van der Waals surface area (Å²) in [6.45, 7) is 1.91. The Hall–Kier alpha value is -0.264. The molecule has 0 aromatic heterocycles. The van der Waals surface area contributed by atoms with Crippen LogP contribution in [0.1, 0.15) is 11.1 Å². The fourth-order valence-corrected chi connectivity index (χ4v) is 1.21. The maximum absolute atomic E-state index is 10.9. The summed E-state index contributed by atoms with van der Waals surface area (Å²) in [5.41, 5.74) is 1.65. The first-order valence-electron chi connectivity index (χ1n) is 4.13. The van der Waals surface area contributed by atoms with Crippen LogP contribution in [0.25, 0.3) is 5.76 Å². The molecule has 0 bridgehead atoms. The Balaban J connectivity index is 0.00000112. The minimum Gasteiger partial charge on any atom is -0.468 e. The van der Waals surface area contributed by atoms with Crippen LogP contribution in [-0.4, -0.2) is 11.8 Å². The Labute approximate surface area is 137 Å². The molecule has 0 fully saturated rings. The molecular formula is C12H10KO3-. The summed E-state index contributed by atoms with van der Waals surface area (Å²) in [6.07, 6.45) is 1.19. The van der Waals surface area contributed by atoms with E-state index in [2.05, 4.69) is 6.07 Å². The van der Waals surface area contributed by atoms with E-state index < -0.39 is 11.8 Å². The van der Waals surface area contributed by atoms with E-state index in [-0.39, 0.29) is 64.6 Å². The summed E-state index contributed by atoms with van der Waals surface area (Å²) < 4.78 is 4.76. The molecule has 16 heavy (non-hydrogen) atoms. The van der Waals surface area contributed by atoms with E-state index in [4.69, 9.17) is 4.74 Å². The second-order valence-electron chi connectivity index (χ2n) is 3.04. The Morgan fingerprint density at radius 2 is 2.00 bits per heavy atom. The predicted octanol–water partition coefficient (Wildman–Crippen LogP) is -1.28. The van der Waals surface area contributed by atoms with E-state index in [0.29, 0.717) is 5.56 Å². The van der Waals surface area contributed by atoms with Crippen molar-refractivity contribution in [3.05, 3.63) is 48.9 Å². The van der Waals surface area contributed by atoms with Crippen LogP contribution in [0.2, 0.25) is 0 Å². The molecule has 0 spiro atoms. The monoisotopic (exact) mass is 241 g/mol. The minimum atomic E-state index is -0.824. The third-order valence-electron chi connectivity index (χ3n) is 1.89. The molecule has 1 aliphatic heterocycles. The van der Waals surface area contributed by atoms with Crippen LogP contribution in [0, 0.1) is 20.4 Å². The Bertz CT molecular complexity index is 449. The summed E-state index contributed by atoms with van der Waals surface area (Å²) in [7, 11) is 0. The van der Waals surface area contributed by atoms with Crippen LogP contribution < -0.4 is 51.4 Å². The number of cyclic esters (lactones) is 1. The molecule has 78 valence electrons. The normalized spacial score (nSPS) is 13.4. The number of hydrogen-bond donors (Lipinski definition) is 0. The molecule has 0 N–H and O–H groups in total. The number of rotatable bonds is 1. The van der Waals surface area contributed by atoms with Crippen LogP contribution in [0.15, 0.2) is 24.3 Å². The zero-order chi connectivity index (χ0) is 10.1. The molecule has 0 unspecified atom stereocenters. The van der Waals surface area contributed by atoms with Gasteiger partial charge in [0.15, 0.2) is 0 Å². The van der Waals surface area contributed by atoms with E-state index in [9.17, 15) is 9.59 Å². The molecule has 4 heteroatoms. The molecule has 1 aliphatic rings.